The molecule has 4 nitrogen and oxygen atoms in total. The van der Waals surface area contributed by atoms with E-state index in [2.05, 4.69) is 0 Å². The van der Waals surface area contributed by atoms with Crippen molar-refractivity contribution in [2.75, 3.05) is 0 Å². The zero-order valence-electron chi connectivity index (χ0n) is 6.58. The second kappa shape index (κ2) is 7.09. The van der Waals surface area contributed by atoms with Crippen molar-refractivity contribution in [1.29, 1.82) is 0 Å². The third-order valence-electron chi connectivity index (χ3n) is 1.47. The van der Waals surface area contributed by atoms with Crippen molar-refractivity contribution in [2.45, 2.75) is 38.4 Å². The van der Waals surface area contributed by atoms with Crippen LogP contribution in [0.5, 0.6) is 0 Å². The number of unbranched alkanes of at least 4 members (excludes halogenated alkanes) is 2. The van der Waals surface area contributed by atoms with Gasteiger partial charge in [-0.05, 0) is 6.42 Å². The van der Waals surface area contributed by atoms with Gasteiger partial charge in [0.05, 0.1) is 0 Å². The van der Waals surface area contributed by atoms with Gasteiger partial charge in [0.2, 0.25) is 0 Å². The Labute approximate surface area is 102 Å². The molecule has 0 radical (unpaired) electrons. The van der Waals surface area contributed by atoms with Crippen molar-refractivity contribution in [3.8, 4) is 0 Å². The van der Waals surface area contributed by atoms with Crippen molar-refractivity contribution in [3.05, 3.63) is 0 Å². The Hall–Kier alpha value is 0.650. The van der Waals surface area contributed by atoms with Gasteiger partial charge in [-0.25, -0.2) is 4.79 Å². The standard InChI is InChI=1S/C7H14O4.Ca.2H/c1-2-3-4-5-7(10,11)6(8)9;;;/h10-11H,2-5H2,1H3,(H,8,9);;;. The number of hydrogen-bond acceptors (Lipinski definition) is 3. The van der Waals surface area contributed by atoms with Crippen molar-refractivity contribution >= 4 is 43.7 Å². The number of carboxylic acids is 1. The van der Waals surface area contributed by atoms with Crippen LogP contribution in [0.25, 0.3) is 0 Å². The van der Waals surface area contributed by atoms with Crippen molar-refractivity contribution in [2.24, 2.45) is 0 Å². The van der Waals surface area contributed by atoms with Crippen LogP contribution >= 0.6 is 0 Å². The molecule has 70 valence electrons. The second-order valence-corrected chi connectivity index (χ2v) is 2.58. The Kier molecular flexibility index (Phi) is 8.95. The molecule has 0 aromatic heterocycles. The number of hydrogen-bond donors (Lipinski definition) is 3. The summed E-state index contributed by atoms with van der Waals surface area (Å²) < 4.78 is 0. The number of aliphatic hydroxyl groups is 2. The van der Waals surface area contributed by atoms with E-state index in [4.69, 9.17) is 15.3 Å². The zero-order valence-corrected chi connectivity index (χ0v) is 6.58. The van der Waals surface area contributed by atoms with Gasteiger partial charge in [0, 0.05) is 6.42 Å². The van der Waals surface area contributed by atoms with Crippen molar-refractivity contribution in [1.82, 2.24) is 0 Å². The predicted octanol–water partition coefficient (Wildman–Crippen LogP) is -0.584. The van der Waals surface area contributed by atoms with E-state index in [1.807, 2.05) is 6.92 Å². The molecule has 0 saturated heterocycles. The molecule has 5 heteroatoms. The number of carbonyl (C=O) groups is 1. The zero-order chi connectivity index (χ0) is 8.91. The average Bonchev–Trinajstić information content (AvgIpc) is 1.88. The molecule has 0 saturated carbocycles. The van der Waals surface area contributed by atoms with E-state index < -0.39 is 11.8 Å². The molecule has 0 atom stereocenters. The number of rotatable bonds is 5. The molecule has 0 fully saturated rings. The molecule has 0 aromatic rings. The molecule has 3 N–H and O–H groups in total. The van der Waals surface area contributed by atoms with Gasteiger partial charge in [-0.15, -0.1) is 0 Å². The molecule has 0 aliphatic carbocycles. The van der Waals surface area contributed by atoms with Crippen LogP contribution < -0.4 is 0 Å². The van der Waals surface area contributed by atoms with E-state index in [1.54, 1.807) is 0 Å². The molecule has 0 unspecified atom stereocenters. The van der Waals surface area contributed by atoms with E-state index in [0.717, 1.165) is 12.8 Å². The molecule has 12 heavy (non-hydrogen) atoms. The Balaban J connectivity index is 0. The summed E-state index contributed by atoms with van der Waals surface area (Å²) in [6.45, 7) is 1.96. The fourth-order valence-corrected chi connectivity index (χ4v) is 0.728. The van der Waals surface area contributed by atoms with Crippen molar-refractivity contribution < 1.29 is 20.1 Å². The van der Waals surface area contributed by atoms with Crippen LogP contribution in [0, 0.1) is 0 Å². The van der Waals surface area contributed by atoms with E-state index >= 15 is 0 Å². The van der Waals surface area contributed by atoms with Crippen LogP contribution in [-0.2, 0) is 4.79 Å². The Bertz CT molecular complexity index is 135. The SMILES string of the molecule is CCCCCC(O)(O)C(=O)O.[CaH2]. The summed E-state index contributed by atoms with van der Waals surface area (Å²) in [7, 11) is 0. The second-order valence-electron chi connectivity index (χ2n) is 2.58. The Morgan fingerprint density at radius 3 is 2.17 bits per heavy atom. The number of aliphatic carboxylic acids is 1. The van der Waals surface area contributed by atoms with Crippen molar-refractivity contribution in [3.63, 3.8) is 0 Å². The predicted molar refractivity (Wildman–Crippen MR) is 47.5 cm³/mol. The van der Waals surface area contributed by atoms with Gasteiger partial charge in [-0.2, -0.15) is 0 Å². The average molecular weight is 204 g/mol. The Morgan fingerprint density at radius 2 is 1.83 bits per heavy atom. The summed E-state index contributed by atoms with van der Waals surface area (Å²) >= 11 is 0. The summed E-state index contributed by atoms with van der Waals surface area (Å²) in [5.74, 6) is -4.11. The summed E-state index contributed by atoms with van der Waals surface area (Å²) in [5, 5.41) is 25.8. The first-order valence-electron chi connectivity index (χ1n) is 3.69. The molecular weight excluding hydrogens is 188 g/mol. The third-order valence-corrected chi connectivity index (χ3v) is 1.47. The van der Waals surface area contributed by atoms with Crippen LogP contribution in [0.15, 0.2) is 0 Å². The van der Waals surface area contributed by atoms with Gasteiger partial charge >= 0.3 is 43.7 Å². The monoisotopic (exact) mass is 204 g/mol. The molecular formula is C7H16CaO4. The van der Waals surface area contributed by atoms with E-state index in [0.29, 0.717) is 6.42 Å². The summed E-state index contributed by atoms with van der Waals surface area (Å²) in [4.78, 5) is 10.1. The summed E-state index contributed by atoms with van der Waals surface area (Å²) in [6, 6.07) is 0. The van der Waals surface area contributed by atoms with Gasteiger partial charge in [0.1, 0.15) is 0 Å². The first-order chi connectivity index (χ1) is 5.00. The summed E-state index contributed by atoms with van der Waals surface area (Å²) in [6.07, 6.45) is 2.16. The van der Waals surface area contributed by atoms with E-state index in [1.165, 1.54) is 0 Å². The molecule has 0 heterocycles. The topological polar surface area (TPSA) is 77.8 Å². The van der Waals surface area contributed by atoms with Crippen LogP contribution in [0.1, 0.15) is 32.6 Å². The molecule has 0 amide bonds. The van der Waals surface area contributed by atoms with Crippen LogP contribution in [0.4, 0.5) is 0 Å². The minimum atomic E-state index is -2.53. The van der Waals surface area contributed by atoms with Gasteiger partial charge in [-0.1, -0.05) is 19.8 Å². The first kappa shape index (κ1) is 15.1. The van der Waals surface area contributed by atoms with Gasteiger partial charge in [0.15, 0.2) is 0 Å². The van der Waals surface area contributed by atoms with E-state index in [9.17, 15) is 4.79 Å². The molecule has 0 aromatic carbocycles. The van der Waals surface area contributed by atoms with Gasteiger partial charge < -0.3 is 15.3 Å². The summed E-state index contributed by atoms with van der Waals surface area (Å²) in [5.41, 5.74) is 0. The maximum absolute atomic E-state index is 10.1. The number of carboxylic acid groups (broad SMARTS) is 1. The van der Waals surface area contributed by atoms with Crippen LogP contribution in [0.3, 0.4) is 0 Å². The van der Waals surface area contributed by atoms with Crippen LogP contribution in [-0.4, -0.2) is 64.8 Å². The Morgan fingerprint density at radius 1 is 1.33 bits per heavy atom. The molecule has 0 spiro atoms. The van der Waals surface area contributed by atoms with E-state index in [-0.39, 0.29) is 44.2 Å². The van der Waals surface area contributed by atoms with Crippen LogP contribution in [0.2, 0.25) is 0 Å². The van der Waals surface area contributed by atoms with Gasteiger partial charge in [0.25, 0.3) is 5.79 Å². The normalized spacial score (nSPS) is 10.6. The minimum absolute atomic E-state index is 0. The quantitative estimate of drug-likeness (QED) is 0.318. The molecule has 0 aliphatic heterocycles. The van der Waals surface area contributed by atoms with Gasteiger partial charge in [-0.3, -0.25) is 0 Å². The molecule has 0 aliphatic rings. The molecule has 0 rings (SSSR count). The maximum atomic E-state index is 10.1. The first-order valence-corrected chi connectivity index (χ1v) is 3.69. The third kappa shape index (κ3) is 6.20. The molecule has 0 bridgehead atoms. The fraction of sp³-hybridized carbons (Fsp3) is 0.857. The fourth-order valence-electron chi connectivity index (χ4n) is 0.728.